The number of nitrogens with zero attached hydrogens (tertiary/aromatic N) is 1. The molecule has 3 N–H and O–H groups in total. The summed E-state index contributed by atoms with van der Waals surface area (Å²) in [6, 6.07) is 8.25. The molecule has 1 saturated heterocycles. The first-order valence-electron chi connectivity index (χ1n) is 9.46. The van der Waals surface area contributed by atoms with E-state index in [9.17, 15) is 4.79 Å². The molecule has 0 bridgehead atoms. The van der Waals surface area contributed by atoms with Crippen LogP contribution in [0.1, 0.15) is 38.2 Å². The van der Waals surface area contributed by atoms with Crippen LogP contribution in [0.3, 0.4) is 0 Å². The van der Waals surface area contributed by atoms with Crippen molar-refractivity contribution in [1.29, 1.82) is 0 Å². The molecule has 26 heavy (non-hydrogen) atoms. The summed E-state index contributed by atoms with van der Waals surface area (Å²) in [7, 11) is 0. The highest BCUT2D eigenvalue weighted by atomic mass is 16.5. The molecule has 6 heteroatoms. The van der Waals surface area contributed by atoms with Crippen molar-refractivity contribution >= 4 is 17.6 Å². The molecule has 1 aromatic carbocycles. The molecule has 140 valence electrons. The van der Waals surface area contributed by atoms with Gasteiger partial charge in [0.15, 0.2) is 5.96 Å². The number of carbonyl (C=O) groups excluding carboxylic acids is 1. The van der Waals surface area contributed by atoms with E-state index >= 15 is 0 Å². The fourth-order valence-electron chi connectivity index (χ4n) is 3.17. The number of hydrogen-bond donors (Lipinski definition) is 3. The molecule has 0 saturated carbocycles. The molecule has 1 unspecified atom stereocenters. The Morgan fingerprint density at radius 2 is 2.15 bits per heavy atom. The molecular weight excluding hydrogens is 328 g/mol. The number of aliphatic imine (C=N–C) groups is 1. The predicted octanol–water partition coefficient (Wildman–Crippen LogP) is 2.58. The molecule has 0 aromatic heterocycles. The van der Waals surface area contributed by atoms with E-state index in [2.05, 4.69) is 40.0 Å². The van der Waals surface area contributed by atoms with Crippen molar-refractivity contribution < 1.29 is 9.53 Å². The second kappa shape index (κ2) is 9.38. The zero-order valence-corrected chi connectivity index (χ0v) is 15.3. The van der Waals surface area contributed by atoms with Gasteiger partial charge in [-0.2, -0.15) is 0 Å². The zero-order valence-electron chi connectivity index (χ0n) is 15.3. The summed E-state index contributed by atoms with van der Waals surface area (Å²) in [6.45, 7) is 4.11. The third-order valence-corrected chi connectivity index (χ3v) is 4.53. The Hall–Kier alpha value is -2.34. The molecule has 1 heterocycles. The third kappa shape index (κ3) is 5.33. The quantitative estimate of drug-likeness (QED) is 0.416. The number of nitrogens with one attached hydrogen (secondary N) is 3. The van der Waals surface area contributed by atoms with Crippen molar-refractivity contribution in [3.05, 3.63) is 42.0 Å². The lowest BCUT2D eigenvalue weighted by Crippen LogP contribution is -2.42. The Bertz CT molecular complexity index is 658. The minimum atomic E-state index is -0.318. The van der Waals surface area contributed by atoms with Crippen LogP contribution < -0.4 is 16.0 Å². The lowest BCUT2D eigenvalue weighted by molar-refractivity contribution is -0.124. The zero-order chi connectivity index (χ0) is 18.2. The standard InChI is InChI=1S/C20H28N4O2/c1-2-21-20(24-16-8-3-4-9-16)22-14-15-7-5-10-17(13-15)23-19(25)18-11-6-12-26-18/h3-5,7,10,13,16,18H,2,6,8-9,11-12,14H2,1H3,(H,23,25)(H2,21,22,24). The van der Waals surface area contributed by atoms with E-state index in [1.807, 2.05) is 24.3 Å². The summed E-state index contributed by atoms with van der Waals surface area (Å²) in [5.74, 6) is 0.766. The van der Waals surface area contributed by atoms with Crippen molar-refractivity contribution in [1.82, 2.24) is 10.6 Å². The first-order valence-corrected chi connectivity index (χ1v) is 9.46. The molecule has 1 aliphatic carbocycles. The summed E-state index contributed by atoms with van der Waals surface area (Å²) >= 11 is 0. The average molecular weight is 356 g/mol. The third-order valence-electron chi connectivity index (χ3n) is 4.53. The Morgan fingerprint density at radius 1 is 1.31 bits per heavy atom. The summed E-state index contributed by atoms with van der Waals surface area (Å²) in [4.78, 5) is 16.9. The molecule has 3 rings (SSSR count). The number of carbonyl (C=O) groups is 1. The molecule has 1 amide bonds. The van der Waals surface area contributed by atoms with Crippen LogP contribution in [0.4, 0.5) is 5.69 Å². The molecule has 0 radical (unpaired) electrons. The maximum Gasteiger partial charge on any atom is 0.253 e. The first-order chi connectivity index (χ1) is 12.7. The van der Waals surface area contributed by atoms with Crippen LogP contribution in [-0.2, 0) is 16.1 Å². The van der Waals surface area contributed by atoms with Crippen LogP contribution >= 0.6 is 0 Å². The SMILES string of the molecule is CCNC(=NCc1cccc(NC(=O)C2CCCO2)c1)NC1CC=CC1. The Balaban J connectivity index is 1.58. The van der Waals surface area contributed by atoms with Crippen LogP contribution in [0, 0.1) is 0 Å². The summed E-state index contributed by atoms with van der Waals surface area (Å²) in [5, 5.41) is 9.69. The van der Waals surface area contributed by atoms with Gasteiger partial charge in [-0.25, -0.2) is 4.99 Å². The number of hydrogen-bond acceptors (Lipinski definition) is 3. The van der Waals surface area contributed by atoms with E-state index in [1.165, 1.54) is 0 Å². The largest absolute Gasteiger partial charge is 0.368 e. The van der Waals surface area contributed by atoms with Gasteiger partial charge >= 0.3 is 0 Å². The van der Waals surface area contributed by atoms with Gasteiger partial charge in [0.25, 0.3) is 5.91 Å². The van der Waals surface area contributed by atoms with Crippen molar-refractivity contribution in [2.45, 2.75) is 51.3 Å². The van der Waals surface area contributed by atoms with E-state index in [-0.39, 0.29) is 12.0 Å². The molecule has 1 aromatic rings. The van der Waals surface area contributed by atoms with E-state index in [4.69, 9.17) is 4.74 Å². The number of guanidine groups is 1. The molecular formula is C20H28N4O2. The van der Waals surface area contributed by atoms with Crippen molar-refractivity contribution in [2.24, 2.45) is 4.99 Å². The normalized spacial score (nSPS) is 20.3. The van der Waals surface area contributed by atoms with Crippen LogP contribution in [-0.4, -0.2) is 37.2 Å². The van der Waals surface area contributed by atoms with E-state index in [0.29, 0.717) is 19.2 Å². The fourth-order valence-corrected chi connectivity index (χ4v) is 3.17. The molecule has 0 spiro atoms. The Morgan fingerprint density at radius 3 is 2.88 bits per heavy atom. The fraction of sp³-hybridized carbons (Fsp3) is 0.500. The average Bonchev–Trinajstić information content (AvgIpc) is 3.34. The minimum Gasteiger partial charge on any atom is -0.368 e. The second-order valence-corrected chi connectivity index (χ2v) is 6.67. The Labute approximate surface area is 155 Å². The van der Waals surface area contributed by atoms with Crippen LogP contribution in [0.15, 0.2) is 41.4 Å². The van der Waals surface area contributed by atoms with Crippen molar-refractivity contribution in [3.63, 3.8) is 0 Å². The highest BCUT2D eigenvalue weighted by Gasteiger charge is 2.23. The summed E-state index contributed by atoms with van der Waals surface area (Å²) in [5.41, 5.74) is 1.84. The number of amides is 1. The number of rotatable bonds is 6. The van der Waals surface area contributed by atoms with Gasteiger partial charge < -0.3 is 20.7 Å². The smallest absolute Gasteiger partial charge is 0.253 e. The summed E-state index contributed by atoms with van der Waals surface area (Å²) in [6.07, 6.45) is 7.89. The topological polar surface area (TPSA) is 74.8 Å². The predicted molar refractivity (Wildman–Crippen MR) is 104 cm³/mol. The summed E-state index contributed by atoms with van der Waals surface area (Å²) < 4.78 is 5.43. The molecule has 1 fully saturated rings. The van der Waals surface area contributed by atoms with Gasteiger partial charge in [-0.15, -0.1) is 0 Å². The van der Waals surface area contributed by atoms with Gasteiger partial charge in [0, 0.05) is 24.9 Å². The van der Waals surface area contributed by atoms with Gasteiger partial charge in [-0.3, -0.25) is 4.79 Å². The van der Waals surface area contributed by atoms with Gasteiger partial charge in [-0.05, 0) is 50.3 Å². The highest BCUT2D eigenvalue weighted by Crippen LogP contribution is 2.16. The molecule has 1 atom stereocenters. The Kier molecular flexibility index (Phi) is 6.66. The van der Waals surface area contributed by atoms with E-state index in [0.717, 1.165) is 49.4 Å². The van der Waals surface area contributed by atoms with Crippen LogP contribution in [0.2, 0.25) is 0 Å². The lowest BCUT2D eigenvalue weighted by Gasteiger charge is -2.16. The van der Waals surface area contributed by atoms with Crippen LogP contribution in [0.25, 0.3) is 0 Å². The van der Waals surface area contributed by atoms with Crippen LogP contribution in [0.5, 0.6) is 0 Å². The maximum absolute atomic E-state index is 12.2. The van der Waals surface area contributed by atoms with Gasteiger partial charge in [0.05, 0.1) is 6.54 Å². The minimum absolute atomic E-state index is 0.0631. The number of ether oxygens (including phenoxy) is 1. The first kappa shape index (κ1) is 18.5. The molecule has 2 aliphatic rings. The van der Waals surface area contributed by atoms with Gasteiger partial charge in [0.2, 0.25) is 0 Å². The lowest BCUT2D eigenvalue weighted by atomic mass is 10.2. The van der Waals surface area contributed by atoms with E-state index < -0.39 is 0 Å². The van der Waals surface area contributed by atoms with Crippen molar-refractivity contribution in [3.8, 4) is 0 Å². The van der Waals surface area contributed by atoms with Gasteiger partial charge in [-0.1, -0.05) is 24.3 Å². The molecule has 1 aliphatic heterocycles. The number of anilines is 1. The van der Waals surface area contributed by atoms with Crippen molar-refractivity contribution in [2.75, 3.05) is 18.5 Å². The maximum atomic E-state index is 12.2. The molecule has 6 nitrogen and oxygen atoms in total. The highest BCUT2D eigenvalue weighted by molar-refractivity contribution is 5.94. The monoisotopic (exact) mass is 356 g/mol. The second-order valence-electron chi connectivity index (χ2n) is 6.67. The van der Waals surface area contributed by atoms with E-state index in [1.54, 1.807) is 0 Å². The van der Waals surface area contributed by atoms with Gasteiger partial charge in [0.1, 0.15) is 6.10 Å². The number of benzene rings is 1.